The number of rotatable bonds is 2. The first kappa shape index (κ1) is 18.9. The molecule has 0 aromatic carbocycles. The molecule has 0 saturated carbocycles. The van der Waals surface area contributed by atoms with Crippen LogP contribution in [-0.4, -0.2) is 21.1 Å². The molecule has 1 amide bonds. The maximum Gasteiger partial charge on any atom is 0.417 e. The molecule has 23 heavy (non-hydrogen) atoms. The van der Waals surface area contributed by atoms with Crippen LogP contribution in [0.4, 0.5) is 13.2 Å². The van der Waals surface area contributed by atoms with E-state index in [1.165, 1.54) is 0 Å². The van der Waals surface area contributed by atoms with Gasteiger partial charge in [-0.2, -0.15) is 13.2 Å². The Hall–Kier alpha value is -2.10. The lowest BCUT2D eigenvalue weighted by molar-refractivity contribution is -0.138. The number of carbonyl (C=O) groups excluding carboxylic acids is 1. The van der Waals surface area contributed by atoms with Gasteiger partial charge in [0.05, 0.1) is 5.56 Å². The molecule has 0 aliphatic heterocycles. The van der Waals surface area contributed by atoms with E-state index in [2.05, 4.69) is 16.2 Å². The van der Waals surface area contributed by atoms with E-state index >= 15 is 0 Å². The molecule has 10 heteroatoms. The van der Waals surface area contributed by atoms with E-state index < -0.39 is 29.8 Å². The van der Waals surface area contributed by atoms with Gasteiger partial charge >= 0.3 is 6.18 Å². The van der Waals surface area contributed by atoms with Crippen molar-refractivity contribution in [3.05, 3.63) is 34.2 Å². The second-order valence-electron chi connectivity index (χ2n) is 5.76. The molecule has 0 spiro atoms. The number of thiocarbonyl (C=S) groups is 1. The predicted molar refractivity (Wildman–Crippen MR) is 82.5 cm³/mol. The summed E-state index contributed by atoms with van der Waals surface area (Å²) >= 11 is 4.93. The number of alkyl halides is 3. The van der Waals surface area contributed by atoms with E-state index in [0.717, 1.165) is 6.07 Å². The number of hydrazine groups is 1. The topological polar surface area (TPSA) is 75.2 Å². The SMILES string of the molecule is CC(C)(C)NC(=S)NNC(=O)Cn1cc(C(F)(F)F)ccc1=O. The summed E-state index contributed by atoms with van der Waals surface area (Å²) < 4.78 is 38.5. The highest BCUT2D eigenvalue weighted by Crippen LogP contribution is 2.27. The van der Waals surface area contributed by atoms with Gasteiger partial charge in [-0.3, -0.25) is 20.4 Å². The van der Waals surface area contributed by atoms with E-state index in [-0.39, 0.29) is 10.7 Å². The van der Waals surface area contributed by atoms with Crippen molar-refractivity contribution in [1.29, 1.82) is 0 Å². The Morgan fingerprint density at radius 1 is 1.22 bits per heavy atom. The van der Waals surface area contributed by atoms with Gasteiger partial charge in [-0.25, -0.2) is 0 Å². The van der Waals surface area contributed by atoms with Crippen molar-refractivity contribution in [2.45, 2.75) is 39.0 Å². The van der Waals surface area contributed by atoms with Crippen LogP contribution in [0.1, 0.15) is 26.3 Å². The summed E-state index contributed by atoms with van der Waals surface area (Å²) in [7, 11) is 0. The van der Waals surface area contributed by atoms with Gasteiger partial charge in [0.1, 0.15) is 6.54 Å². The van der Waals surface area contributed by atoms with Crippen LogP contribution in [0.15, 0.2) is 23.1 Å². The van der Waals surface area contributed by atoms with Gasteiger partial charge in [0.15, 0.2) is 5.11 Å². The van der Waals surface area contributed by atoms with Crippen LogP contribution in [0, 0.1) is 0 Å². The predicted octanol–water partition coefficient (Wildman–Crippen LogP) is 1.16. The fourth-order valence-corrected chi connectivity index (χ4v) is 1.87. The molecule has 0 bridgehead atoms. The minimum atomic E-state index is -4.59. The molecule has 3 N–H and O–H groups in total. The monoisotopic (exact) mass is 350 g/mol. The Labute approximate surface area is 136 Å². The summed E-state index contributed by atoms with van der Waals surface area (Å²) in [5.74, 6) is -0.718. The third kappa shape index (κ3) is 6.68. The number of pyridine rings is 1. The van der Waals surface area contributed by atoms with Crippen molar-refractivity contribution in [2.75, 3.05) is 0 Å². The maximum absolute atomic E-state index is 12.6. The first-order valence-corrected chi connectivity index (χ1v) is 6.94. The van der Waals surface area contributed by atoms with Gasteiger partial charge < -0.3 is 9.88 Å². The average molecular weight is 350 g/mol. The molecule has 6 nitrogen and oxygen atoms in total. The van der Waals surface area contributed by atoms with E-state index in [4.69, 9.17) is 12.2 Å². The van der Waals surface area contributed by atoms with E-state index in [1.54, 1.807) is 0 Å². The minimum absolute atomic E-state index is 0.141. The lowest BCUT2D eigenvalue weighted by Crippen LogP contribution is -2.52. The summed E-state index contributed by atoms with van der Waals surface area (Å²) in [5, 5.41) is 3.01. The number of hydrogen-bond donors (Lipinski definition) is 3. The van der Waals surface area contributed by atoms with Gasteiger partial charge in [0, 0.05) is 17.8 Å². The number of nitrogens with zero attached hydrogens (tertiary/aromatic N) is 1. The highest BCUT2D eigenvalue weighted by molar-refractivity contribution is 7.80. The van der Waals surface area contributed by atoms with Crippen molar-refractivity contribution >= 4 is 23.2 Å². The lowest BCUT2D eigenvalue weighted by Gasteiger charge is -2.23. The molecule has 1 aromatic heterocycles. The van der Waals surface area contributed by atoms with Crippen molar-refractivity contribution in [1.82, 2.24) is 20.7 Å². The Balaban J connectivity index is 2.68. The number of carbonyl (C=O) groups is 1. The average Bonchev–Trinajstić information content (AvgIpc) is 2.35. The fourth-order valence-electron chi connectivity index (χ4n) is 1.52. The molecule has 0 aliphatic rings. The third-order valence-corrected chi connectivity index (χ3v) is 2.63. The fraction of sp³-hybridized carbons (Fsp3) is 0.462. The maximum atomic E-state index is 12.6. The Morgan fingerprint density at radius 2 is 1.83 bits per heavy atom. The first-order valence-electron chi connectivity index (χ1n) is 6.53. The summed E-state index contributed by atoms with van der Waals surface area (Å²) in [6.07, 6.45) is -4.00. The number of amides is 1. The Bertz CT molecular complexity index is 650. The smallest absolute Gasteiger partial charge is 0.357 e. The van der Waals surface area contributed by atoms with Crippen LogP contribution in [0.2, 0.25) is 0 Å². The number of nitrogens with one attached hydrogen (secondary N) is 3. The Kier molecular flexibility index (Phi) is 5.75. The molecule has 0 atom stereocenters. The van der Waals surface area contributed by atoms with Gasteiger partial charge in [-0.05, 0) is 39.1 Å². The molecule has 1 heterocycles. The van der Waals surface area contributed by atoms with E-state index in [0.29, 0.717) is 16.8 Å². The molecule has 0 unspecified atom stereocenters. The zero-order chi connectivity index (χ0) is 17.8. The Morgan fingerprint density at radius 3 is 2.35 bits per heavy atom. The molecule has 0 radical (unpaired) electrons. The number of aromatic nitrogens is 1. The highest BCUT2D eigenvalue weighted by atomic mass is 32.1. The van der Waals surface area contributed by atoms with E-state index in [9.17, 15) is 22.8 Å². The van der Waals surface area contributed by atoms with Crippen LogP contribution >= 0.6 is 12.2 Å². The van der Waals surface area contributed by atoms with Crippen molar-refractivity contribution in [3.8, 4) is 0 Å². The van der Waals surface area contributed by atoms with Crippen LogP contribution in [-0.2, 0) is 17.5 Å². The molecule has 1 rings (SSSR count). The van der Waals surface area contributed by atoms with Crippen LogP contribution < -0.4 is 21.7 Å². The zero-order valence-corrected chi connectivity index (χ0v) is 13.6. The summed E-state index contributed by atoms with van der Waals surface area (Å²) in [4.78, 5) is 23.2. The second-order valence-corrected chi connectivity index (χ2v) is 6.17. The van der Waals surface area contributed by atoms with Gasteiger partial charge in [0.25, 0.3) is 11.5 Å². The largest absolute Gasteiger partial charge is 0.417 e. The van der Waals surface area contributed by atoms with Crippen LogP contribution in [0.3, 0.4) is 0 Å². The number of hydrogen-bond acceptors (Lipinski definition) is 3. The standard InChI is InChI=1S/C13H17F3N4O2S/c1-12(2,3)17-11(23)19-18-9(21)7-20-6-8(13(14,15)16)4-5-10(20)22/h4-6H,7H2,1-3H3,(H,18,21)(H2,17,19,23). The summed E-state index contributed by atoms with van der Waals surface area (Å²) in [5.41, 5.74) is 2.56. The third-order valence-electron chi connectivity index (χ3n) is 2.43. The van der Waals surface area contributed by atoms with Crippen LogP contribution in [0.5, 0.6) is 0 Å². The molecule has 0 saturated heterocycles. The highest BCUT2D eigenvalue weighted by Gasteiger charge is 2.31. The van der Waals surface area contributed by atoms with Crippen molar-refractivity contribution < 1.29 is 18.0 Å². The molecule has 0 fully saturated rings. The van der Waals surface area contributed by atoms with Crippen molar-refractivity contribution in [2.24, 2.45) is 0 Å². The molecule has 1 aromatic rings. The van der Waals surface area contributed by atoms with E-state index in [1.807, 2.05) is 20.8 Å². The van der Waals surface area contributed by atoms with Gasteiger partial charge in [-0.1, -0.05) is 0 Å². The van der Waals surface area contributed by atoms with Crippen molar-refractivity contribution in [3.63, 3.8) is 0 Å². The lowest BCUT2D eigenvalue weighted by atomic mass is 10.1. The molecule has 128 valence electrons. The van der Waals surface area contributed by atoms with Gasteiger partial charge in [-0.15, -0.1) is 0 Å². The van der Waals surface area contributed by atoms with Gasteiger partial charge in [0.2, 0.25) is 0 Å². The quantitative estimate of drug-likeness (QED) is 0.551. The second kappa shape index (κ2) is 6.99. The zero-order valence-electron chi connectivity index (χ0n) is 12.7. The molecular weight excluding hydrogens is 333 g/mol. The molecule has 0 aliphatic carbocycles. The first-order chi connectivity index (χ1) is 10.4. The number of halogens is 3. The summed E-state index contributed by atoms with van der Waals surface area (Å²) in [6.45, 7) is 4.98. The summed E-state index contributed by atoms with van der Waals surface area (Å²) in [6, 6.07) is 1.42. The minimum Gasteiger partial charge on any atom is -0.357 e. The molecular formula is C13H17F3N4O2S. The normalized spacial score (nSPS) is 11.7. The van der Waals surface area contributed by atoms with Crippen LogP contribution in [0.25, 0.3) is 0 Å².